The molecule has 0 spiro atoms. The molecule has 0 saturated heterocycles. The number of carboxylic acids is 1. The van der Waals surface area contributed by atoms with E-state index < -0.39 is 24.3 Å². The van der Waals surface area contributed by atoms with E-state index in [-0.39, 0.29) is 18.6 Å². The number of allylic oxidation sites excluding steroid dienone is 4. The summed E-state index contributed by atoms with van der Waals surface area (Å²) in [6, 6.07) is 0. The summed E-state index contributed by atoms with van der Waals surface area (Å²) in [6.07, 6.45) is 10.8. The Hall–Kier alpha value is -1.76. The Balaban J connectivity index is 4.03. The number of carboxylic acid groups (broad SMARTS) is 1. The maximum absolute atomic E-state index is 11.7. The van der Waals surface area contributed by atoms with Gasteiger partial charge in [0.25, 0.3) is 0 Å². The SMILES string of the molecule is CCCCCC(O)C(=O)C[C@@H](O)/C=C/C=C/C=C\[C@@H](O)CCCC(=O)O. The number of hydrogen-bond donors (Lipinski definition) is 4. The molecule has 1 unspecified atom stereocenters. The molecule has 148 valence electrons. The summed E-state index contributed by atoms with van der Waals surface area (Å²) in [5.74, 6) is -1.23. The first kappa shape index (κ1) is 24.2. The highest BCUT2D eigenvalue weighted by Crippen LogP contribution is 2.08. The molecule has 26 heavy (non-hydrogen) atoms. The van der Waals surface area contributed by atoms with Crippen molar-refractivity contribution in [2.24, 2.45) is 0 Å². The van der Waals surface area contributed by atoms with Crippen LogP contribution in [0.1, 0.15) is 58.3 Å². The topological polar surface area (TPSA) is 115 Å². The Morgan fingerprint density at radius 3 is 2.04 bits per heavy atom. The highest BCUT2D eigenvalue weighted by molar-refractivity contribution is 5.83. The average molecular weight is 368 g/mol. The minimum Gasteiger partial charge on any atom is -0.481 e. The van der Waals surface area contributed by atoms with Crippen molar-refractivity contribution in [1.82, 2.24) is 0 Å². The summed E-state index contributed by atoms with van der Waals surface area (Å²) in [5, 5.41) is 37.6. The van der Waals surface area contributed by atoms with Crippen molar-refractivity contribution in [3.05, 3.63) is 36.5 Å². The molecule has 3 atom stereocenters. The lowest BCUT2D eigenvalue weighted by atomic mass is 10.0. The number of carbonyl (C=O) groups is 2. The first-order valence-corrected chi connectivity index (χ1v) is 9.17. The summed E-state index contributed by atoms with van der Waals surface area (Å²) in [4.78, 5) is 22.1. The second-order valence-electron chi connectivity index (χ2n) is 6.26. The number of hydrogen-bond acceptors (Lipinski definition) is 5. The van der Waals surface area contributed by atoms with Gasteiger partial charge in [0.1, 0.15) is 6.10 Å². The van der Waals surface area contributed by atoms with E-state index in [0.29, 0.717) is 19.3 Å². The van der Waals surface area contributed by atoms with Gasteiger partial charge >= 0.3 is 5.97 Å². The Labute approximate surface area is 155 Å². The molecule has 0 aromatic carbocycles. The lowest BCUT2D eigenvalue weighted by molar-refractivity contribution is -0.137. The van der Waals surface area contributed by atoms with Crippen molar-refractivity contribution in [2.75, 3.05) is 0 Å². The van der Waals surface area contributed by atoms with Gasteiger partial charge in [-0.1, -0.05) is 62.6 Å². The number of Topliss-reactive ketones (excluding diaryl/α,β-unsaturated/α-hetero) is 1. The molecule has 0 bridgehead atoms. The Morgan fingerprint density at radius 1 is 0.846 bits per heavy atom. The normalized spacial score (nSPS) is 15.7. The number of aliphatic hydroxyl groups is 3. The van der Waals surface area contributed by atoms with Gasteiger partial charge in [-0.2, -0.15) is 0 Å². The van der Waals surface area contributed by atoms with Crippen LogP contribution in [0.5, 0.6) is 0 Å². The fourth-order valence-corrected chi connectivity index (χ4v) is 2.23. The Bertz CT molecular complexity index is 481. The van der Waals surface area contributed by atoms with Crippen LogP contribution >= 0.6 is 0 Å². The van der Waals surface area contributed by atoms with E-state index in [9.17, 15) is 24.9 Å². The Kier molecular flexibility index (Phi) is 14.4. The summed E-state index contributed by atoms with van der Waals surface area (Å²) in [7, 11) is 0. The average Bonchev–Trinajstić information content (AvgIpc) is 2.57. The minimum absolute atomic E-state index is 0.0351. The second kappa shape index (κ2) is 15.5. The van der Waals surface area contributed by atoms with Crippen LogP contribution in [0.2, 0.25) is 0 Å². The van der Waals surface area contributed by atoms with E-state index in [1.807, 2.05) is 6.92 Å². The van der Waals surface area contributed by atoms with Gasteiger partial charge in [-0.3, -0.25) is 9.59 Å². The third-order valence-electron chi connectivity index (χ3n) is 3.75. The molecule has 0 aliphatic rings. The van der Waals surface area contributed by atoms with Crippen molar-refractivity contribution in [2.45, 2.75) is 76.6 Å². The fourth-order valence-electron chi connectivity index (χ4n) is 2.23. The van der Waals surface area contributed by atoms with Gasteiger partial charge in [0.05, 0.1) is 12.2 Å². The van der Waals surface area contributed by atoms with Crippen LogP contribution in [0.3, 0.4) is 0 Å². The predicted octanol–water partition coefficient (Wildman–Crippen LogP) is 2.53. The smallest absolute Gasteiger partial charge is 0.303 e. The van der Waals surface area contributed by atoms with Gasteiger partial charge in [-0.25, -0.2) is 0 Å². The fraction of sp³-hybridized carbons (Fsp3) is 0.600. The van der Waals surface area contributed by atoms with E-state index in [1.165, 1.54) is 6.08 Å². The molecular weight excluding hydrogens is 336 g/mol. The maximum Gasteiger partial charge on any atom is 0.303 e. The van der Waals surface area contributed by atoms with E-state index in [4.69, 9.17) is 5.11 Å². The number of unbranched alkanes of at least 4 members (excludes halogenated alkanes) is 2. The largest absolute Gasteiger partial charge is 0.481 e. The molecule has 0 radical (unpaired) electrons. The van der Waals surface area contributed by atoms with Gasteiger partial charge in [0.2, 0.25) is 0 Å². The van der Waals surface area contributed by atoms with E-state index in [0.717, 1.165) is 19.3 Å². The molecule has 0 heterocycles. The molecule has 6 heteroatoms. The van der Waals surface area contributed by atoms with Crippen molar-refractivity contribution in [3.8, 4) is 0 Å². The zero-order valence-corrected chi connectivity index (χ0v) is 15.5. The number of carbonyl (C=O) groups excluding carboxylic acids is 1. The highest BCUT2D eigenvalue weighted by atomic mass is 16.4. The number of rotatable bonds is 15. The second-order valence-corrected chi connectivity index (χ2v) is 6.26. The van der Waals surface area contributed by atoms with Crippen LogP contribution in [-0.2, 0) is 9.59 Å². The molecule has 0 amide bonds. The molecule has 0 fully saturated rings. The molecule has 0 aromatic rings. The van der Waals surface area contributed by atoms with E-state index in [2.05, 4.69) is 0 Å². The third kappa shape index (κ3) is 14.6. The lowest BCUT2D eigenvalue weighted by Gasteiger charge is -2.10. The monoisotopic (exact) mass is 368 g/mol. The number of ketones is 1. The van der Waals surface area contributed by atoms with E-state index in [1.54, 1.807) is 30.4 Å². The zero-order valence-electron chi connectivity index (χ0n) is 15.5. The van der Waals surface area contributed by atoms with Crippen molar-refractivity contribution in [3.63, 3.8) is 0 Å². The lowest BCUT2D eigenvalue weighted by Crippen LogP contribution is -2.24. The summed E-state index contributed by atoms with van der Waals surface area (Å²) in [5.41, 5.74) is 0. The van der Waals surface area contributed by atoms with Crippen LogP contribution < -0.4 is 0 Å². The van der Waals surface area contributed by atoms with Gasteiger partial charge < -0.3 is 20.4 Å². The van der Waals surface area contributed by atoms with Gasteiger partial charge in [0, 0.05) is 12.8 Å². The standard InChI is InChI=1S/C20H32O6/c1-2-3-6-13-18(23)19(24)15-17(22)11-8-5-4-7-10-16(21)12-9-14-20(25)26/h4-5,7-8,10-11,16-18,21-23H,2-3,6,9,12-15H2,1H3,(H,25,26)/b5-4+,10-7-,11-8+/t16-,17+,18?/m1/s1. The van der Waals surface area contributed by atoms with Crippen molar-refractivity contribution in [1.29, 1.82) is 0 Å². The number of aliphatic hydroxyl groups excluding tert-OH is 3. The molecular formula is C20H32O6. The van der Waals surface area contributed by atoms with E-state index >= 15 is 0 Å². The molecule has 6 nitrogen and oxygen atoms in total. The van der Waals surface area contributed by atoms with Gasteiger partial charge in [0.15, 0.2) is 5.78 Å². The zero-order chi connectivity index (χ0) is 19.8. The van der Waals surface area contributed by atoms with Crippen LogP contribution in [-0.4, -0.2) is 50.5 Å². The highest BCUT2D eigenvalue weighted by Gasteiger charge is 2.16. The predicted molar refractivity (Wildman–Crippen MR) is 101 cm³/mol. The molecule has 0 saturated carbocycles. The van der Waals surface area contributed by atoms with Crippen LogP contribution in [0.25, 0.3) is 0 Å². The molecule has 0 aromatic heterocycles. The van der Waals surface area contributed by atoms with Crippen LogP contribution in [0, 0.1) is 0 Å². The van der Waals surface area contributed by atoms with Gasteiger partial charge in [-0.05, 0) is 19.3 Å². The summed E-state index contributed by atoms with van der Waals surface area (Å²) in [6.45, 7) is 2.05. The Morgan fingerprint density at radius 2 is 1.46 bits per heavy atom. The minimum atomic E-state index is -1.01. The molecule has 0 aliphatic carbocycles. The first-order chi connectivity index (χ1) is 12.4. The summed E-state index contributed by atoms with van der Waals surface area (Å²) < 4.78 is 0. The molecule has 0 rings (SSSR count). The number of aliphatic carboxylic acids is 1. The molecule has 4 N–H and O–H groups in total. The van der Waals surface area contributed by atoms with Crippen molar-refractivity contribution < 1.29 is 30.0 Å². The quantitative estimate of drug-likeness (QED) is 0.261. The first-order valence-electron chi connectivity index (χ1n) is 9.17. The molecule has 0 aliphatic heterocycles. The van der Waals surface area contributed by atoms with Crippen LogP contribution in [0.4, 0.5) is 0 Å². The van der Waals surface area contributed by atoms with Gasteiger partial charge in [-0.15, -0.1) is 0 Å². The van der Waals surface area contributed by atoms with Crippen molar-refractivity contribution >= 4 is 11.8 Å². The van der Waals surface area contributed by atoms with Crippen LogP contribution in [0.15, 0.2) is 36.5 Å². The third-order valence-corrected chi connectivity index (χ3v) is 3.75. The maximum atomic E-state index is 11.7. The summed E-state index contributed by atoms with van der Waals surface area (Å²) >= 11 is 0.